The van der Waals surface area contributed by atoms with Crippen molar-refractivity contribution in [3.8, 4) is 22.8 Å². The van der Waals surface area contributed by atoms with Gasteiger partial charge in [-0.25, -0.2) is 0 Å². The number of phenolic OH excluding ortho intramolecular Hbond substituents is 2. The zero-order valence-corrected chi connectivity index (χ0v) is 18.3. The summed E-state index contributed by atoms with van der Waals surface area (Å²) in [7, 11) is 1.88. The number of phenols is 2. The van der Waals surface area contributed by atoms with Gasteiger partial charge in [-0.05, 0) is 32.1 Å². The van der Waals surface area contributed by atoms with Gasteiger partial charge < -0.3 is 24.6 Å². The van der Waals surface area contributed by atoms with E-state index in [4.69, 9.17) is 27.6 Å². The summed E-state index contributed by atoms with van der Waals surface area (Å²) in [5.41, 5.74) is 0.426. The van der Waals surface area contributed by atoms with Crippen molar-refractivity contribution in [2.24, 2.45) is 0 Å². The zero-order chi connectivity index (χ0) is 20.9. The second-order valence-corrected chi connectivity index (χ2v) is 8.02. The molecular formula is C21H20Cl3NO5. The lowest BCUT2D eigenvalue weighted by Crippen LogP contribution is -2.32. The van der Waals surface area contributed by atoms with Gasteiger partial charge in [0.2, 0.25) is 0 Å². The number of nitrogens with zero attached hydrogens (tertiary/aromatic N) is 1. The molecule has 160 valence electrons. The molecule has 0 spiro atoms. The van der Waals surface area contributed by atoms with Crippen LogP contribution in [0.2, 0.25) is 10.0 Å². The van der Waals surface area contributed by atoms with Crippen LogP contribution in [-0.4, -0.2) is 46.5 Å². The summed E-state index contributed by atoms with van der Waals surface area (Å²) in [5.74, 6) is -0.661. The monoisotopic (exact) mass is 471 g/mol. The van der Waals surface area contributed by atoms with Crippen molar-refractivity contribution in [2.45, 2.75) is 18.4 Å². The summed E-state index contributed by atoms with van der Waals surface area (Å²) in [6.45, 7) is 0.592. The number of fused-ring (bicyclic) bond motifs is 1. The lowest BCUT2D eigenvalue weighted by molar-refractivity contribution is 0.172. The summed E-state index contributed by atoms with van der Waals surface area (Å²) in [5, 5.41) is 31.3. The molecule has 2 atom stereocenters. The zero-order valence-electron chi connectivity index (χ0n) is 15.9. The van der Waals surface area contributed by atoms with Crippen LogP contribution in [0.25, 0.3) is 22.3 Å². The van der Waals surface area contributed by atoms with E-state index >= 15 is 0 Å². The average Bonchev–Trinajstić information content (AvgIpc) is 3.03. The van der Waals surface area contributed by atoms with Gasteiger partial charge in [-0.15, -0.1) is 12.4 Å². The van der Waals surface area contributed by atoms with E-state index in [1.165, 1.54) is 6.07 Å². The highest BCUT2D eigenvalue weighted by molar-refractivity contribution is 6.43. The number of likely N-dealkylation sites (tertiary alicyclic amines) is 1. The van der Waals surface area contributed by atoms with E-state index in [0.717, 1.165) is 6.07 Å². The fourth-order valence-electron chi connectivity index (χ4n) is 4.12. The van der Waals surface area contributed by atoms with Crippen molar-refractivity contribution in [1.29, 1.82) is 0 Å². The highest BCUT2D eigenvalue weighted by atomic mass is 35.5. The lowest BCUT2D eigenvalue weighted by atomic mass is 9.89. The normalized spacial score (nSPS) is 19.2. The van der Waals surface area contributed by atoms with Crippen molar-refractivity contribution >= 4 is 46.6 Å². The van der Waals surface area contributed by atoms with Gasteiger partial charge in [0.05, 0.1) is 16.7 Å². The number of hydrogen-bond acceptors (Lipinski definition) is 6. The van der Waals surface area contributed by atoms with Gasteiger partial charge >= 0.3 is 0 Å². The first-order chi connectivity index (χ1) is 13.8. The molecule has 0 saturated carbocycles. The number of halogens is 3. The lowest BCUT2D eigenvalue weighted by Gasteiger charge is -2.24. The molecule has 1 aliphatic rings. The molecule has 2 unspecified atom stereocenters. The Labute approximate surface area is 188 Å². The van der Waals surface area contributed by atoms with E-state index in [2.05, 4.69) is 0 Å². The number of likely N-dealkylation sites (N-methyl/N-ethyl adjacent to an activating group) is 1. The van der Waals surface area contributed by atoms with E-state index in [1.807, 2.05) is 11.9 Å². The molecule has 30 heavy (non-hydrogen) atoms. The van der Waals surface area contributed by atoms with Crippen molar-refractivity contribution in [3.63, 3.8) is 0 Å². The highest BCUT2D eigenvalue weighted by Gasteiger charge is 2.36. The van der Waals surface area contributed by atoms with E-state index in [9.17, 15) is 20.1 Å². The molecular weight excluding hydrogens is 453 g/mol. The standard InChI is InChI=1S/C21H19Cl2NO5.ClH/c1-24-6-5-10(13(24)9-25)18-14(26)7-15(27)19-16(28)8-17(29-21(18)19)11-3-2-4-12(22)20(11)23;/h2-4,7-8,10,13,25-27H,5-6,9H2,1H3;1H. The van der Waals surface area contributed by atoms with Crippen LogP contribution in [0.15, 0.2) is 39.5 Å². The van der Waals surface area contributed by atoms with Crippen molar-refractivity contribution < 1.29 is 19.7 Å². The van der Waals surface area contributed by atoms with Gasteiger partial charge in [0.25, 0.3) is 0 Å². The average molecular weight is 473 g/mol. The molecule has 4 rings (SSSR count). The predicted octanol–water partition coefficient (Wildman–Crippen LogP) is 4.38. The largest absolute Gasteiger partial charge is 0.507 e. The van der Waals surface area contributed by atoms with Gasteiger partial charge in [-0.1, -0.05) is 29.3 Å². The van der Waals surface area contributed by atoms with Crippen molar-refractivity contribution in [1.82, 2.24) is 4.90 Å². The van der Waals surface area contributed by atoms with Crippen LogP contribution in [0.5, 0.6) is 11.5 Å². The Morgan fingerprint density at radius 1 is 1.20 bits per heavy atom. The Hall–Kier alpha value is -1.96. The number of benzene rings is 2. The van der Waals surface area contributed by atoms with Crippen LogP contribution in [0.1, 0.15) is 17.9 Å². The molecule has 1 aliphatic heterocycles. The third-order valence-electron chi connectivity index (χ3n) is 5.60. The van der Waals surface area contributed by atoms with Crippen LogP contribution in [-0.2, 0) is 0 Å². The quantitative estimate of drug-likeness (QED) is 0.524. The molecule has 2 aromatic carbocycles. The molecule has 9 heteroatoms. The Balaban J connectivity index is 0.00000256. The second-order valence-electron chi connectivity index (χ2n) is 7.23. The molecule has 1 saturated heterocycles. The van der Waals surface area contributed by atoms with Gasteiger partial charge in [0, 0.05) is 35.2 Å². The topological polar surface area (TPSA) is 94.1 Å². The van der Waals surface area contributed by atoms with Crippen LogP contribution >= 0.6 is 35.6 Å². The van der Waals surface area contributed by atoms with Gasteiger partial charge in [0.1, 0.15) is 28.2 Å². The molecule has 2 heterocycles. The van der Waals surface area contributed by atoms with Crippen LogP contribution in [0, 0.1) is 0 Å². The Morgan fingerprint density at radius 3 is 2.63 bits per heavy atom. The smallest absolute Gasteiger partial charge is 0.197 e. The van der Waals surface area contributed by atoms with Crippen LogP contribution < -0.4 is 5.43 Å². The van der Waals surface area contributed by atoms with Crippen molar-refractivity contribution in [2.75, 3.05) is 20.2 Å². The predicted molar refractivity (Wildman–Crippen MR) is 119 cm³/mol. The van der Waals surface area contributed by atoms with Crippen LogP contribution in [0.4, 0.5) is 0 Å². The summed E-state index contributed by atoms with van der Waals surface area (Å²) in [6, 6.07) is 7.11. The molecule has 0 bridgehead atoms. The van der Waals surface area contributed by atoms with Gasteiger partial charge in [-0.2, -0.15) is 0 Å². The third kappa shape index (κ3) is 3.63. The summed E-state index contributed by atoms with van der Waals surface area (Å²) in [4.78, 5) is 14.8. The number of aromatic hydroxyl groups is 2. The van der Waals surface area contributed by atoms with E-state index in [0.29, 0.717) is 29.1 Å². The number of hydrogen-bond donors (Lipinski definition) is 3. The first-order valence-electron chi connectivity index (χ1n) is 9.11. The molecule has 0 radical (unpaired) electrons. The fourth-order valence-corrected chi connectivity index (χ4v) is 4.51. The second kappa shape index (κ2) is 8.65. The first kappa shape index (κ1) is 22.7. The van der Waals surface area contributed by atoms with Crippen LogP contribution in [0.3, 0.4) is 0 Å². The number of aliphatic hydroxyl groups is 1. The summed E-state index contributed by atoms with van der Waals surface area (Å²) < 4.78 is 6.03. The molecule has 3 N–H and O–H groups in total. The molecule has 3 aromatic rings. The van der Waals surface area contributed by atoms with E-state index in [-0.39, 0.29) is 64.2 Å². The van der Waals surface area contributed by atoms with Gasteiger partial charge in [0.15, 0.2) is 5.43 Å². The molecule has 0 aliphatic carbocycles. The Bertz CT molecular complexity index is 1160. The SMILES string of the molecule is CN1CCC(c2c(O)cc(O)c3c(=O)cc(-c4cccc(Cl)c4Cl)oc23)C1CO.Cl. The minimum absolute atomic E-state index is 0. The molecule has 0 amide bonds. The van der Waals surface area contributed by atoms with Crippen molar-refractivity contribution in [3.05, 3.63) is 56.2 Å². The maximum atomic E-state index is 12.8. The Morgan fingerprint density at radius 2 is 1.93 bits per heavy atom. The summed E-state index contributed by atoms with van der Waals surface area (Å²) >= 11 is 12.4. The van der Waals surface area contributed by atoms with E-state index in [1.54, 1.807) is 18.2 Å². The molecule has 1 aromatic heterocycles. The third-order valence-corrected chi connectivity index (χ3v) is 6.42. The maximum absolute atomic E-state index is 12.8. The molecule has 1 fully saturated rings. The fraction of sp³-hybridized carbons (Fsp3) is 0.286. The highest BCUT2D eigenvalue weighted by Crippen LogP contribution is 2.44. The van der Waals surface area contributed by atoms with E-state index < -0.39 is 5.43 Å². The first-order valence-corrected chi connectivity index (χ1v) is 9.87. The minimum atomic E-state index is -0.469. The molecule has 6 nitrogen and oxygen atoms in total. The number of rotatable bonds is 3. The number of aliphatic hydroxyl groups excluding tert-OH is 1. The Kier molecular flexibility index (Phi) is 6.55. The minimum Gasteiger partial charge on any atom is -0.507 e. The maximum Gasteiger partial charge on any atom is 0.197 e. The summed E-state index contributed by atoms with van der Waals surface area (Å²) in [6.07, 6.45) is 0.654. The van der Waals surface area contributed by atoms with Gasteiger partial charge in [-0.3, -0.25) is 4.79 Å².